The zero-order valence-electron chi connectivity index (χ0n) is 18.8. The van der Waals surface area contributed by atoms with Crippen molar-refractivity contribution in [1.29, 1.82) is 0 Å². The number of nitrogens with zero attached hydrogens (tertiary/aromatic N) is 1. The van der Waals surface area contributed by atoms with Crippen LogP contribution in [0.15, 0.2) is 70.7 Å². The van der Waals surface area contributed by atoms with E-state index in [0.717, 1.165) is 10.5 Å². The van der Waals surface area contributed by atoms with Gasteiger partial charge in [0.05, 0.1) is 17.3 Å². The molecule has 9 heteroatoms. The highest BCUT2D eigenvalue weighted by Gasteiger charge is 2.37. The zero-order valence-corrected chi connectivity index (χ0v) is 20.4. The molecule has 0 aliphatic carbocycles. The summed E-state index contributed by atoms with van der Waals surface area (Å²) in [6.45, 7) is 1.94. The van der Waals surface area contributed by atoms with Crippen LogP contribution < -0.4 is 19.7 Å². The predicted molar refractivity (Wildman–Crippen MR) is 132 cm³/mol. The molecule has 3 aromatic carbocycles. The van der Waals surface area contributed by atoms with Crippen molar-refractivity contribution in [1.82, 2.24) is 5.32 Å². The Balaban J connectivity index is 1.64. The molecule has 0 bridgehead atoms. The molecule has 1 aliphatic rings. The van der Waals surface area contributed by atoms with Gasteiger partial charge >= 0.3 is 6.03 Å². The number of hydrogen-bond donors (Lipinski definition) is 1. The number of para-hydroxylation sites is 1. The summed E-state index contributed by atoms with van der Waals surface area (Å²) in [4.78, 5) is 39.1. The summed E-state index contributed by atoms with van der Waals surface area (Å²) >= 11 is 3.44. The van der Waals surface area contributed by atoms with Crippen LogP contribution in [0, 0.1) is 12.7 Å². The standard InChI is InChI=1S/C26H20BrFN2O5/c1-15-5-3-4-6-21(15)30-25(32)19(24(31)29-26(30)33)11-17-12-20(27)23(22(13-17)34-2)35-14-16-7-9-18(28)10-8-16/h3-13H,14H2,1-2H3,(H,29,31,33)/b19-11+. The monoisotopic (exact) mass is 538 g/mol. The van der Waals surface area contributed by atoms with E-state index < -0.39 is 17.8 Å². The van der Waals surface area contributed by atoms with Crippen LogP contribution in [0.4, 0.5) is 14.9 Å². The Labute approximate surface area is 209 Å². The lowest BCUT2D eigenvalue weighted by Crippen LogP contribution is -2.54. The van der Waals surface area contributed by atoms with Crippen LogP contribution in [0.25, 0.3) is 6.08 Å². The number of halogens is 2. The Morgan fingerprint density at radius 2 is 1.77 bits per heavy atom. The number of anilines is 1. The molecule has 1 N–H and O–H groups in total. The maximum atomic E-state index is 13.2. The number of amides is 4. The Kier molecular flexibility index (Phi) is 6.97. The lowest BCUT2D eigenvalue weighted by Gasteiger charge is -2.27. The second-order valence-electron chi connectivity index (χ2n) is 7.69. The fourth-order valence-corrected chi connectivity index (χ4v) is 4.13. The van der Waals surface area contributed by atoms with Gasteiger partial charge in [-0.25, -0.2) is 14.1 Å². The number of imide groups is 2. The molecule has 178 valence electrons. The van der Waals surface area contributed by atoms with Gasteiger partial charge in [-0.15, -0.1) is 0 Å². The third kappa shape index (κ3) is 5.09. The third-order valence-corrected chi connectivity index (χ3v) is 5.91. The molecule has 35 heavy (non-hydrogen) atoms. The lowest BCUT2D eigenvalue weighted by molar-refractivity contribution is -0.122. The van der Waals surface area contributed by atoms with E-state index in [1.807, 2.05) is 0 Å². The molecule has 1 aliphatic heterocycles. The summed E-state index contributed by atoms with van der Waals surface area (Å²) in [6.07, 6.45) is 1.38. The molecule has 4 amide bonds. The van der Waals surface area contributed by atoms with Crippen LogP contribution in [0.1, 0.15) is 16.7 Å². The summed E-state index contributed by atoms with van der Waals surface area (Å²) in [5.41, 5.74) is 2.12. The van der Waals surface area contributed by atoms with Gasteiger partial charge in [-0.3, -0.25) is 14.9 Å². The van der Waals surface area contributed by atoms with Crippen LogP contribution in [-0.4, -0.2) is 25.0 Å². The first-order valence-corrected chi connectivity index (χ1v) is 11.3. The quantitative estimate of drug-likeness (QED) is 0.346. The van der Waals surface area contributed by atoms with Crippen LogP contribution in [0.3, 0.4) is 0 Å². The van der Waals surface area contributed by atoms with Crippen molar-refractivity contribution in [3.05, 3.63) is 93.2 Å². The highest BCUT2D eigenvalue weighted by atomic mass is 79.9. The van der Waals surface area contributed by atoms with Gasteiger partial charge in [-0.05, 0) is 76.0 Å². The normalized spacial score (nSPS) is 14.8. The highest BCUT2D eigenvalue weighted by molar-refractivity contribution is 9.10. The summed E-state index contributed by atoms with van der Waals surface area (Å²) in [6, 6.07) is 15.3. The number of carbonyl (C=O) groups excluding carboxylic acids is 3. The molecule has 4 rings (SSSR count). The number of nitrogens with one attached hydrogen (secondary N) is 1. The average Bonchev–Trinajstić information content (AvgIpc) is 2.83. The van der Waals surface area contributed by atoms with Crippen LogP contribution >= 0.6 is 15.9 Å². The number of barbiturate groups is 1. The number of urea groups is 1. The minimum atomic E-state index is -0.810. The van der Waals surface area contributed by atoms with E-state index in [9.17, 15) is 18.8 Å². The molecule has 7 nitrogen and oxygen atoms in total. The maximum absolute atomic E-state index is 13.2. The van der Waals surface area contributed by atoms with Crippen molar-refractivity contribution >= 4 is 45.5 Å². The Bertz CT molecular complexity index is 1350. The molecular weight excluding hydrogens is 519 g/mol. The molecule has 0 unspecified atom stereocenters. The first-order chi connectivity index (χ1) is 16.8. The minimum Gasteiger partial charge on any atom is -0.493 e. The minimum absolute atomic E-state index is 0.171. The molecule has 0 saturated carbocycles. The summed E-state index contributed by atoms with van der Waals surface area (Å²) in [5.74, 6) is -1.12. The van der Waals surface area contributed by atoms with Crippen molar-refractivity contribution in [2.45, 2.75) is 13.5 Å². The van der Waals surface area contributed by atoms with Gasteiger partial charge in [0.1, 0.15) is 18.0 Å². The Morgan fingerprint density at radius 1 is 1.06 bits per heavy atom. The van der Waals surface area contributed by atoms with Crippen LogP contribution in [-0.2, 0) is 16.2 Å². The van der Waals surface area contributed by atoms with Crippen LogP contribution in [0.2, 0.25) is 0 Å². The van der Waals surface area contributed by atoms with Crippen molar-refractivity contribution in [2.75, 3.05) is 12.0 Å². The van der Waals surface area contributed by atoms with Crippen molar-refractivity contribution in [3.8, 4) is 11.5 Å². The second-order valence-corrected chi connectivity index (χ2v) is 8.55. The lowest BCUT2D eigenvalue weighted by atomic mass is 10.1. The summed E-state index contributed by atoms with van der Waals surface area (Å²) in [5, 5.41) is 2.22. The van der Waals surface area contributed by atoms with E-state index in [-0.39, 0.29) is 18.0 Å². The zero-order chi connectivity index (χ0) is 25.1. The van der Waals surface area contributed by atoms with Gasteiger partial charge in [0.25, 0.3) is 11.8 Å². The number of aryl methyl sites for hydroxylation is 1. The fraction of sp³-hybridized carbons (Fsp3) is 0.115. The van der Waals surface area contributed by atoms with Crippen LogP contribution in [0.5, 0.6) is 11.5 Å². The maximum Gasteiger partial charge on any atom is 0.335 e. The largest absolute Gasteiger partial charge is 0.493 e. The molecular formula is C26H20BrFN2O5. The number of ether oxygens (including phenoxy) is 2. The molecule has 1 saturated heterocycles. The number of benzene rings is 3. The van der Waals surface area contributed by atoms with Gasteiger partial charge in [0, 0.05) is 0 Å². The Hall–Kier alpha value is -3.98. The van der Waals surface area contributed by atoms with E-state index in [1.54, 1.807) is 55.5 Å². The molecule has 0 atom stereocenters. The van der Waals surface area contributed by atoms with E-state index in [0.29, 0.717) is 32.8 Å². The van der Waals surface area contributed by atoms with Crippen molar-refractivity contribution < 1.29 is 28.2 Å². The molecule has 0 aromatic heterocycles. The summed E-state index contributed by atoms with van der Waals surface area (Å²) in [7, 11) is 1.46. The van der Waals surface area contributed by atoms with Crippen molar-refractivity contribution in [3.63, 3.8) is 0 Å². The average molecular weight is 539 g/mol. The number of rotatable bonds is 6. The van der Waals surface area contributed by atoms with E-state index >= 15 is 0 Å². The van der Waals surface area contributed by atoms with Gasteiger partial charge < -0.3 is 9.47 Å². The smallest absolute Gasteiger partial charge is 0.335 e. The molecule has 1 heterocycles. The van der Waals surface area contributed by atoms with E-state index in [4.69, 9.17) is 9.47 Å². The van der Waals surface area contributed by atoms with Gasteiger partial charge in [0.15, 0.2) is 11.5 Å². The Morgan fingerprint density at radius 3 is 2.46 bits per heavy atom. The van der Waals surface area contributed by atoms with Gasteiger partial charge in [0.2, 0.25) is 0 Å². The topological polar surface area (TPSA) is 84.9 Å². The SMILES string of the molecule is COc1cc(/C=C2\C(=O)NC(=O)N(c3ccccc3C)C2=O)cc(Br)c1OCc1ccc(F)cc1. The van der Waals surface area contributed by atoms with Crippen molar-refractivity contribution in [2.24, 2.45) is 0 Å². The fourth-order valence-electron chi connectivity index (χ4n) is 3.56. The first kappa shape index (κ1) is 24.2. The van der Waals surface area contributed by atoms with Gasteiger partial charge in [-0.2, -0.15) is 0 Å². The molecule has 0 radical (unpaired) electrons. The third-order valence-electron chi connectivity index (χ3n) is 5.32. The second kappa shape index (κ2) is 10.1. The van der Waals surface area contributed by atoms with Gasteiger partial charge in [-0.1, -0.05) is 30.3 Å². The molecule has 3 aromatic rings. The number of methoxy groups -OCH3 is 1. The first-order valence-electron chi connectivity index (χ1n) is 10.5. The molecule has 1 fully saturated rings. The van der Waals surface area contributed by atoms with E-state index in [1.165, 1.54) is 25.3 Å². The highest BCUT2D eigenvalue weighted by Crippen LogP contribution is 2.38. The predicted octanol–water partition coefficient (Wildman–Crippen LogP) is 5.15. The number of carbonyl (C=O) groups is 3. The molecule has 0 spiro atoms. The summed E-state index contributed by atoms with van der Waals surface area (Å²) < 4.78 is 25.0. The van der Waals surface area contributed by atoms with E-state index in [2.05, 4.69) is 21.2 Å². The number of hydrogen-bond acceptors (Lipinski definition) is 5.